The van der Waals surface area contributed by atoms with E-state index in [1.165, 1.54) is 0 Å². The van der Waals surface area contributed by atoms with Crippen molar-refractivity contribution in [3.05, 3.63) is 0 Å². The fourth-order valence-electron chi connectivity index (χ4n) is 2.12. The Morgan fingerprint density at radius 2 is 1.93 bits per heavy atom. The fraction of sp³-hybridized carbons (Fsp3) is 1.00. The van der Waals surface area contributed by atoms with E-state index in [2.05, 4.69) is 40.3 Å². The molecule has 84 valence electrons. The smallest absolute Gasteiger partial charge is 0.127 e. The van der Waals surface area contributed by atoms with Crippen molar-refractivity contribution in [1.29, 1.82) is 0 Å². The van der Waals surface area contributed by atoms with E-state index in [0.29, 0.717) is 11.8 Å². The first kappa shape index (κ1) is 12.3. The predicted octanol–water partition coefficient (Wildman–Crippen LogP) is 2.32. The normalized spacial score (nSPS) is 46.3. The van der Waals surface area contributed by atoms with Crippen molar-refractivity contribution in [3.8, 4) is 0 Å². The molecular weight excluding hydrogens is 196 g/mol. The molecule has 6 atom stereocenters. The van der Waals surface area contributed by atoms with Gasteiger partial charge in [-0.1, -0.05) is 34.1 Å². The Kier molecular flexibility index (Phi) is 4.29. The summed E-state index contributed by atoms with van der Waals surface area (Å²) in [6.45, 7) is 8.61. The van der Waals surface area contributed by atoms with Gasteiger partial charge in [-0.3, -0.25) is 0 Å². The lowest BCUT2D eigenvalue weighted by Crippen LogP contribution is -2.49. The zero-order valence-corrected chi connectivity index (χ0v) is 10.4. The Labute approximate surface area is 92.4 Å². The van der Waals surface area contributed by atoms with Crippen LogP contribution in [0.25, 0.3) is 0 Å². The molecule has 1 N–H and O–H groups in total. The Morgan fingerprint density at radius 3 is 2.43 bits per heavy atom. The van der Waals surface area contributed by atoms with Gasteiger partial charge in [0.05, 0.1) is 12.2 Å². The number of ether oxygens (including phenoxy) is 1. The van der Waals surface area contributed by atoms with E-state index in [-0.39, 0.29) is 17.5 Å². The van der Waals surface area contributed by atoms with Crippen molar-refractivity contribution in [2.75, 3.05) is 0 Å². The summed E-state index contributed by atoms with van der Waals surface area (Å²) >= 11 is 4.28. The molecule has 1 rings (SSSR count). The molecule has 1 aliphatic heterocycles. The van der Waals surface area contributed by atoms with Crippen LogP contribution < -0.4 is 0 Å². The molecule has 1 saturated heterocycles. The van der Waals surface area contributed by atoms with E-state index in [0.717, 1.165) is 6.42 Å². The second kappa shape index (κ2) is 4.86. The first-order valence-electron chi connectivity index (χ1n) is 5.50. The van der Waals surface area contributed by atoms with E-state index in [1.54, 1.807) is 0 Å². The quantitative estimate of drug-likeness (QED) is 0.697. The molecule has 3 heteroatoms. The molecule has 0 aromatic rings. The van der Waals surface area contributed by atoms with Gasteiger partial charge >= 0.3 is 0 Å². The maximum atomic E-state index is 9.79. The molecule has 0 aliphatic carbocycles. The van der Waals surface area contributed by atoms with Crippen LogP contribution in [0.5, 0.6) is 0 Å². The standard InChI is InChI=1S/C11H22O2S/c1-5-6(2)10-8(4)7(3)9(12)11(14)13-10/h6-12,14H,5H2,1-4H3/t6-,7-,8-,9?,10?,11?/m0/s1. The van der Waals surface area contributed by atoms with Gasteiger partial charge in [0, 0.05) is 0 Å². The first-order valence-corrected chi connectivity index (χ1v) is 6.02. The van der Waals surface area contributed by atoms with E-state index < -0.39 is 6.10 Å². The minimum atomic E-state index is -0.436. The first-order chi connectivity index (χ1) is 6.49. The summed E-state index contributed by atoms with van der Waals surface area (Å²) in [6, 6.07) is 0. The van der Waals surface area contributed by atoms with Crippen molar-refractivity contribution in [2.45, 2.75) is 51.8 Å². The van der Waals surface area contributed by atoms with Gasteiger partial charge < -0.3 is 9.84 Å². The largest absolute Gasteiger partial charge is 0.389 e. The lowest BCUT2D eigenvalue weighted by Gasteiger charge is -2.43. The van der Waals surface area contributed by atoms with E-state index >= 15 is 0 Å². The minimum absolute atomic E-state index is 0.237. The molecule has 0 amide bonds. The third-order valence-electron chi connectivity index (χ3n) is 3.68. The summed E-state index contributed by atoms with van der Waals surface area (Å²) < 4.78 is 5.75. The lowest BCUT2D eigenvalue weighted by atomic mass is 9.79. The van der Waals surface area contributed by atoms with Gasteiger partial charge in [-0.2, -0.15) is 0 Å². The molecule has 0 radical (unpaired) electrons. The van der Waals surface area contributed by atoms with Crippen molar-refractivity contribution in [2.24, 2.45) is 17.8 Å². The lowest BCUT2D eigenvalue weighted by molar-refractivity contribution is -0.148. The number of thiol groups is 1. The molecule has 1 aliphatic rings. The number of hydrogen-bond donors (Lipinski definition) is 2. The second-order valence-corrected chi connectivity index (χ2v) is 5.09. The molecule has 0 saturated carbocycles. The number of rotatable bonds is 2. The summed E-state index contributed by atoms with van der Waals surface area (Å²) in [7, 11) is 0. The van der Waals surface area contributed by atoms with Crippen LogP contribution in [0.15, 0.2) is 0 Å². The fourth-order valence-corrected chi connectivity index (χ4v) is 2.53. The molecule has 3 unspecified atom stereocenters. The van der Waals surface area contributed by atoms with Crippen molar-refractivity contribution in [3.63, 3.8) is 0 Å². The zero-order chi connectivity index (χ0) is 10.9. The second-order valence-electron chi connectivity index (χ2n) is 4.59. The minimum Gasteiger partial charge on any atom is -0.389 e. The van der Waals surface area contributed by atoms with Crippen LogP contribution in [0.2, 0.25) is 0 Å². The van der Waals surface area contributed by atoms with Gasteiger partial charge in [0.15, 0.2) is 0 Å². The van der Waals surface area contributed by atoms with Crippen LogP contribution >= 0.6 is 12.6 Å². The Bertz CT molecular complexity index is 186. The molecule has 1 heterocycles. The van der Waals surface area contributed by atoms with Gasteiger partial charge in [0.25, 0.3) is 0 Å². The number of hydrogen-bond acceptors (Lipinski definition) is 3. The van der Waals surface area contributed by atoms with Crippen molar-refractivity contribution in [1.82, 2.24) is 0 Å². The Balaban J connectivity index is 2.70. The van der Waals surface area contributed by atoms with E-state index in [4.69, 9.17) is 4.74 Å². The SMILES string of the molecule is CC[C@H](C)C1OC(S)C(O)[C@@H](C)[C@@H]1C. The van der Waals surface area contributed by atoms with E-state index in [9.17, 15) is 5.11 Å². The van der Waals surface area contributed by atoms with E-state index in [1.807, 2.05) is 0 Å². The monoisotopic (exact) mass is 218 g/mol. The van der Waals surface area contributed by atoms with Gasteiger partial charge in [-0.05, 0) is 17.8 Å². The summed E-state index contributed by atoms with van der Waals surface area (Å²) in [6.07, 6.45) is 0.910. The average molecular weight is 218 g/mol. The molecular formula is C11H22O2S. The van der Waals surface area contributed by atoms with Crippen LogP contribution in [-0.2, 0) is 4.74 Å². The maximum Gasteiger partial charge on any atom is 0.127 e. The molecule has 0 aromatic heterocycles. The summed E-state index contributed by atoms with van der Waals surface area (Å²) in [4.78, 5) is 0. The highest BCUT2D eigenvalue weighted by Crippen LogP contribution is 2.36. The average Bonchev–Trinajstić information content (AvgIpc) is 2.19. The summed E-state index contributed by atoms with van der Waals surface area (Å²) in [5.41, 5.74) is -0.319. The highest BCUT2D eigenvalue weighted by molar-refractivity contribution is 7.80. The maximum absolute atomic E-state index is 9.79. The molecule has 1 fully saturated rings. The third-order valence-corrected chi connectivity index (χ3v) is 4.11. The van der Waals surface area contributed by atoms with Crippen molar-refractivity contribution < 1.29 is 9.84 Å². The zero-order valence-electron chi connectivity index (χ0n) is 9.47. The van der Waals surface area contributed by atoms with Gasteiger partial charge in [0.2, 0.25) is 0 Å². The number of aliphatic hydroxyl groups is 1. The molecule has 2 nitrogen and oxygen atoms in total. The van der Waals surface area contributed by atoms with Gasteiger partial charge in [-0.15, -0.1) is 12.6 Å². The highest BCUT2D eigenvalue weighted by Gasteiger charge is 2.40. The predicted molar refractivity (Wildman–Crippen MR) is 61.4 cm³/mol. The summed E-state index contributed by atoms with van der Waals surface area (Å²) in [5.74, 6) is 1.21. The Morgan fingerprint density at radius 1 is 1.36 bits per heavy atom. The highest BCUT2D eigenvalue weighted by atomic mass is 32.1. The third kappa shape index (κ3) is 2.26. The molecule has 0 spiro atoms. The molecule has 0 aromatic carbocycles. The van der Waals surface area contributed by atoms with Crippen LogP contribution in [-0.4, -0.2) is 22.8 Å². The Hall–Kier alpha value is 0.270. The number of aliphatic hydroxyl groups excluding tert-OH is 1. The van der Waals surface area contributed by atoms with Crippen molar-refractivity contribution >= 4 is 12.6 Å². The van der Waals surface area contributed by atoms with Crippen LogP contribution in [0.3, 0.4) is 0 Å². The topological polar surface area (TPSA) is 29.5 Å². The van der Waals surface area contributed by atoms with Crippen LogP contribution in [0.4, 0.5) is 0 Å². The van der Waals surface area contributed by atoms with Gasteiger partial charge in [0.1, 0.15) is 5.44 Å². The van der Waals surface area contributed by atoms with Crippen LogP contribution in [0.1, 0.15) is 34.1 Å². The van der Waals surface area contributed by atoms with Crippen LogP contribution in [0, 0.1) is 17.8 Å². The van der Waals surface area contributed by atoms with Gasteiger partial charge in [-0.25, -0.2) is 0 Å². The molecule has 14 heavy (non-hydrogen) atoms. The molecule has 0 bridgehead atoms. The summed E-state index contributed by atoms with van der Waals surface area (Å²) in [5, 5.41) is 9.79.